The number of cyclic esters (lactones) is 1. The molecule has 1 aromatic rings. The van der Waals surface area contributed by atoms with Gasteiger partial charge < -0.3 is 9.47 Å². The normalized spacial score (nSPS) is 15.3. The number of benzene rings is 1. The van der Waals surface area contributed by atoms with Gasteiger partial charge in [0.2, 0.25) is 0 Å². The van der Waals surface area contributed by atoms with Crippen LogP contribution in [0, 0.1) is 0 Å². The first kappa shape index (κ1) is 12.1. The fourth-order valence-electron chi connectivity index (χ4n) is 1.64. The van der Waals surface area contributed by atoms with Crippen LogP contribution in [0.1, 0.15) is 10.4 Å². The molecule has 2 rings (SSSR count). The van der Waals surface area contributed by atoms with Crippen molar-refractivity contribution in [2.75, 3.05) is 25.2 Å². The second-order valence-corrected chi connectivity index (χ2v) is 3.63. The van der Waals surface area contributed by atoms with Crippen LogP contribution in [0.15, 0.2) is 24.3 Å². The van der Waals surface area contributed by atoms with Crippen molar-refractivity contribution >= 4 is 23.5 Å². The largest absolute Gasteiger partial charge is 0.465 e. The predicted molar refractivity (Wildman–Crippen MR) is 61.1 cm³/mol. The number of anilines is 1. The van der Waals surface area contributed by atoms with Crippen molar-refractivity contribution in [3.63, 3.8) is 0 Å². The van der Waals surface area contributed by atoms with Crippen LogP contribution in [0.4, 0.5) is 5.69 Å². The number of esters is 2. The van der Waals surface area contributed by atoms with Crippen LogP contribution in [-0.2, 0) is 19.1 Å². The van der Waals surface area contributed by atoms with E-state index in [1.807, 2.05) is 0 Å². The molecule has 0 radical (unpaired) electrons. The molecule has 0 atom stereocenters. The fourth-order valence-corrected chi connectivity index (χ4v) is 1.64. The van der Waals surface area contributed by atoms with Gasteiger partial charge in [-0.1, -0.05) is 0 Å². The number of hydrogen-bond donors (Lipinski definition) is 0. The maximum absolute atomic E-state index is 11.6. The van der Waals surface area contributed by atoms with Gasteiger partial charge in [-0.3, -0.25) is 9.69 Å². The highest BCUT2D eigenvalue weighted by molar-refractivity contribution is 6.38. The van der Waals surface area contributed by atoms with Crippen LogP contribution in [-0.4, -0.2) is 38.1 Å². The fraction of sp³-hybridized carbons (Fsp3) is 0.250. The summed E-state index contributed by atoms with van der Waals surface area (Å²) in [5.41, 5.74) is 0.928. The first-order valence-electron chi connectivity index (χ1n) is 5.30. The van der Waals surface area contributed by atoms with Crippen LogP contribution < -0.4 is 4.90 Å². The van der Waals surface area contributed by atoms with Crippen LogP contribution >= 0.6 is 0 Å². The van der Waals surface area contributed by atoms with E-state index in [-0.39, 0.29) is 6.61 Å². The second kappa shape index (κ2) is 4.87. The molecular weight excluding hydrogens is 238 g/mol. The lowest BCUT2D eigenvalue weighted by atomic mass is 10.2. The number of nitrogens with zero attached hydrogens (tertiary/aromatic N) is 1. The Balaban J connectivity index is 2.21. The SMILES string of the molecule is COC(=O)c1ccc(N2CCOC(=O)C2=O)cc1. The molecule has 0 aliphatic carbocycles. The molecule has 1 saturated heterocycles. The molecule has 0 saturated carbocycles. The minimum Gasteiger partial charge on any atom is -0.465 e. The average Bonchev–Trinajstić information content (AvgIpc) is 2.41. The van der Waals surface area contributed by atoms with E-state index in [1.165, 1.54) is 24.1 Å². The topological polar surface area (TPSA) is 72.9 Å². The lowest BCUT2D eigenvalue weighted by Crippen LogP contribution is -2.45. The Labute approximate surface area is 103 Å². The highest BCUT2D eigenvalue weighted by Gasteiger charge is 2.29. The number of carbonyl (C=O) groups is 3. The van der Waals surface area contributed by atoms with Crippen molar-refractivity contribution in [2.24, 2.45) is 0 Å². The molecule has 0 aromatic heterocycles. The number of rotatable bonds is 2. The summed E-state index contributed by atoms with van der Waals surface area (Å²) in [4.78, 5) is 35.2. The molecule has 1 amide bonds. The van der Waals surface area contributed by atoms with Crippen LogP contribution in [0.2, 0.25) is 0 Å². The predicted octanol–water partition coefficient (Wildman–Crippen LogP) is 0.363. The summed E-state index contributed by atoms with van der Waals surface area (Å²) in [6, 6.07) is 6.24. The summed E-state index contributed by atoms with van der Waals surface area (Å²) in [6.07, 6.45) is 0. The van der Waals surface area contributed by atoms with Crippen molar-refractivity contribution in [3.05, 3.63) is 29.8 Å². The van der Waals surface area contributed by atoms with Crippen LogP contribution in [0.3, 0.4) is 0 Å². The lowest BCUT2D eigenvalue weighted by Gasteiger charge is -2.25. The Kier molecular flexibility index (Phi) is 3.27. The monoisotopic (exact) mass is 249 g/mol. The van der Waals surface area contributed by atoms with E-state index in [0.29, 0.717) is 17.8 Å². The molecule has 1 aliphatic rings. The third kappa shape index (κ3) is 2.17. The number of amides is 1. The molecule has 18 heavy (non-hydrogen) atoms. The first-order chi connectivity index (χ1) is 8.63. The zero-order chi connectivity index (χ0) is 13.1. The summed E-state index contributed by atoms with van der Waals surface area (Å²) < 4.78 is 9.18. The van der Waals surface area contributed by atoms with Gasteiger partial charge in [-0.05, 0) is 24.3 Å². The van der Waals surface area contributed by atoms with E-state index in [1.54, 1.807) is 12.1 Å². The minimum atomic E-state index is -0.863. The molecule has 0 spiro atoms. The number of methoxy groups -OCH3 is 1. The molecule has 0 N–H and O–H groups in total. The highest BCUT2D eigenvalue weighted by atomic mass is 16.5. The Bertz CT molecular complexity index is 494. The standard InChI is InChI=1S/C12H11NO5/c1-17-11(15)8-2-4-9(5-3-8)13-6-7-18-12(16)10(13)14/h2-5H,6-7H2,1H3. The van der Waals surface area contributed by atoms with Crippen LogP contribution in [0.5, 0.6) is 0 Å². The molecule has 1 heterocycles. The van der Waals surface area contributed by atoms with Gasteiger partial charge in [0.25, 0.3) is 0 Å². The van der Waals surface area contributed by atoms with Crippen molar-refractivity contribution in [1.29, 1.82) is 0 Å². The quantitative estimate of drug-likeness (QED) is 0.559. The van der Waals surface area contributed by atoms with E-state index < -0.39 is 17.8 Å². The maximum atomic E-state index is 11.6. The average molecular weight is 249 g/mol. The number of morpholine rings is 1. The molecule has 0 bridgehead atoms. The van der Waals surface area contributed by atoms with Gasteiger partial charge in [0.15, 0.2) is 0 Å². The maximum Gasteiger partial charge on any atom is 0.397 e. The molecule has 1 aromatic carbocycles. The lowest BCUT2D eigenvalue weighted by molar-refractivity contribution is -0.156. The van der Waals surface area contributed by atoms with E-state index >= 15 is 0 Å². The van der Waals surface area contributed by atoms with Gasteiger partial charge in [-0.25, -0.2) is 9.59 Å². The van der Waals surface area contributed by atoms with E-state index in [4.69, 9.17) is 0 Å². The minimum absolute atomic E-state index is 0.170. The number of carbonyl (C=O) groups excluding carboxylic acids is 3. The zero-order valence-electron chi connectivity index (χ0n) is 9.71. The number of hydrogen-bond acceptors (Lipinski definition) is 5. The van der Waals surface area contributed by atoms with Gasteiger partial charge in [0, 0.05) is 5.69 Å². The second-order valence-electron chi connectivity index (χ2n) is 3.63. The Hall–Kier alpha value is -2.37. The molecule has 6 heteroatoms. The Morgan fingerprint density at radius 2 is 1.94 bits per heavy atom. The Morgan fingerprint density at radius 1 is 1.28 bits per heavy atom. The first-order valence-corrected chi connectivity index (χ1v) is 5.30. The molecule has 1 aliphatic heterocycles. The van der Waals surface area contributed by atoms with Gasteiger partial charge in [-0.15, -0.1) is 0 Å². The van der Waals surface area contributed by atoms with E-state index in [0.717, 1.165) is 0 Å². The summed E-state index contributed by atoms with van der Waals surface area (Å²) >= 11 is 0. The van der Waals surface area contributed by atoms with Gasteiger partial charge in [0.05, 0.1) is 19.2 Å². The summed E-state index contributed by atoms with van der Waals surface area (Å²) in [5.74, 6) is -2.02. The summed E-state index contributed by atoms with van der Waals surface area (Å²) in [7, 11) is 1.29. The van der Waals surface area contributed by atoms with Crippen LogP contribution in [0.25, 0.3) is 0 Å². The zero-order valence-corrected chi connectivity index (χ0v) is 9.71. The van der Waals surface area contributed by atoms with Crippen molar-refractivity contribution in [1.82, 2.24) is 0 Å². The molecular formula is C12H11NO5. The third-order valence-electron chi connectivity index (χ3n) is 2.57. The Morgan fingerprint density at radius 3 is 2.56 bits per heavy atom. The molecule has 1 fully saturated rings. The van der Waals surface area contributed by atoms with E-state index in [2.05, 4.69) is 9.47 Å². The van der Waals surface area contributed by atoms with Crippen molar-refractivity contribution < 1.29 is 23.9 Å². The van der Waals surface area contributed by atoms with Crippen molar-refractivity contribution in [3.8, 4) is 0 Å². The van der Waals surface area contributed by atoms with Gasteiger partial charge in [0.1, 0.15) is 6.61 Å². The molecule has 6 nitrogen and oxygen atoms in total. The third-order valence-corrected chi connectivity index (χ3v) is 2.57. The summed E-state index contributed by atoms with van der Waals surface area (Å²) in [5, 5.41) is 0. The molecule has 94 valence electrons. The molecule has 0 unspecified atom stereocenters. The smallest absolute Gasteiger partial charge is 0.397 e. The highest BCUT2D eigenvalue weighted by Crippen LogP contribution is 2.18. The van der Waals surface area contributed by atoms with E-state index in [9.17, 15) is 14.4 Å². The van der Waals surface area contributed by atoms with Gasteiger partial charge >= 0.3 is 17.8 Å². The number of ether oxygens (including phenoxy) is 2. The van der Waals surface area contributed by atoms with Gasteiger partial charge in [-0.2, -0.15) is 0 Å². The van der Waals surface area contributed by atoms with Crippen molar-refractivity contribution in [2.45, 2.75) is 0 Å². The summed E-state index contributed by atoms with van der Waals surface area (Å²) in [6.45, 7) is 0.478.